The highest BCUT2D eigenvalue weighted by molar-refractivity contribution is 6.38. The van der Waals surface area contributed by atoms with Crippen molar-refractivity contribution in [2.75, 3.05) is 0 Å². The zero-order valence-corrected chi connectivity index (χ0v) is 21.0. The van der Waals surface area contributed by atoms with Crippen LogP contribution in [-0.4, -0.2) is 11.9 Å². The molecule has 0 heterocycles. The molecule has 0 aliphatic rings. The van der Waals surface area contributed by atoms with E-state index in [1.165, 1.54) is 5.56 Å². The number of nitrogens with zero attached hydrogens (tertiary/aromatic N) is 2. The van der Waals surface area contributed by atoms with Crippen LogP contribution in [0.15, 0.2) is 156 Å². The molecule has 5 aromatic rings. The van der Waals surface area contributed by atoms with Gasteiger partial charge in [-0.1, -0.05) is 151 Å². The third-order valence-electron chi connectivity index (χ3n) is 6.42. The summed E-state index contributed by atoms with van der Waals surface area (Å²) in [4.78, 5) is 10.5. The van der Waals surface area contributed by atoms with Crippen LogP contribution in [0.2, 0.25) is 0 Å². The molecule has 180 valence electrons. The van der Waals surface area contributed by atoms with Gasteiger partial charge in [-0.05, 0) is 29.2 Å². The van der Waals surface area contributed by atoms with Crippen molar-refractivity contribution < 1.29 is 0 Å². The molecule has 0 atom stereocenters. The Bertz CT molecular complexity index is 1360. The van der Waals surface area contributed by atoms with E-state index in [-0.39, 0.29) is 12.1 Å². The highest BCUT2D eigenvalue weighted by Gasteiger charge is 2.16. The Morgan fingerprint density at radius 1 is 0.486 bits per heavy atom. The summed E-state index contributed by atoms with van der Waals surface area (Å²) in [5.41, 5.74) is 7.71. The molecular weight excluding hydrogens is 448 g/mol. The predicted octanol–water partition coefficient (Wildman–Crippen LogP) is 8.43. The van der Waals surface area contributed by atoms with E-state index in [4.69, 9.17) is 9.98 Å². The first-order valence-corrected chi connectivity index (χ1v) is 12.7. The molecule has 0 saturated carbocycles. The summed E-state index contributed by atoms with van der Waals surface area (Å²) < 4.78 is 0. The van der Waals surface area contributed by atoms with Crippen LogP contribution in [0, 0.1) is 6.92 Å². The van der Waals surface area contributed by atoms with Crippen molar-refractivity contribution in [3.63, 3.8) is 0 Å². The smallest absolute Gasteiger partial charge is 0.101 e. The first-order chi connectivity index (χ1) is 18.3. The van der Waals surface area contributed by atoms with Crippen LogP contribution in [0.25, 0.3) is 0 Å². The van der Waals surface area contributed by atoms with Crippen LogP contribution < -0.4 is 0 Å². The van der Waals surface area contributed by atoms with Gasteiger partial charge in [0.2, 0.25) is 0 Å². The van der Waals surface area contributed by atoms with Crippen LogP contribution in [0.3, 0.4) is 0 Å². The van der Waals surface area contributed by atoms with Crippen molar-refractivity contribution in [2.45, 2.75) is 19.0 Å². The molecule has 0 amide bonds. The van der Waals surface area contributed by atoms with Crippen molar-refractivity contribution in [1.29, 1.82) is 0 Å². The predicted molar refractivity (Wildman–Crippen MR) is 156 cm³/mol. The van der Waals surface area contributed by atoms with Crippen LogP contribution in [0.4, 0.5) is 0 Å². The Morgan fingerprint density at radius 2 is 0.865 bits per heavy atom. The Morgan fingerprint density at radius 3 is 1.27 bits per heavy atom. The molecular formula is C35H30N2. The van der Waals surface area contributed by atoms with Crippen LogP contribution in [-0.2, 0) is 0 Å². The maximum absolute atomic E-state index is 5.34. The molecule has 5 aromatic carbocycles. The largest absolute Gasteiger partial charge is 0.278 e. The van der Waals surface area contributed by atoms with E-state index >= 15 is 0 Å². The van der Waals surface area contributed by atoms with Gasteiger partial charge in [-0.2, -0.15) is 0 Å². The zero-order valence-electron chi connectivity index (χ0n) is 21.0. The number of aryl methyl sites for hydroxylation is 1. The van der Waals surface area contributed by atoms with Gasteiger partial charge in [-0.3, -0.25) is 9.98 Å². The lowest BCUT2D eigenvalue weighted by Gasteiger charge is -2.17. The fourth-order valence-electron chi connectivity index (χ4n) is 4.44. The second kappa shape index (κ2) is 11.9. The summed E-state index contributed by atoms with van der Waals surface area (Å²) in [5, 5.41) is 0. The van der Waals surface area contributed by atoms with E-state index in [2.05, 4.69) is 128 Å². The first kappa shape index (κ1) is 24.1. The quantitative estimate of drug-likeness (QED) is 0.200. The second-order valence-corrected chi connectivity index (χ2v) is 9.11. The summed E-state index contributed by atoms with van der Waals surface area (Å²) in [7, 11) is 0. The van der Waals surface area contributed by atoms with Gasteiger partial charge >= 0.3 is 0 Å². The molecule has 0 fully saturated rings. The normalized spacial score (nSPS) is 11.9. The van der Waals surface area contributed by atoms with Gasteiger partial charge in [0, 0.05) is 11.8 Å². The summed E-state index contributed by atoms with van der Waals surface area (Å²) in [5.74, 6) is 0. The highest BCUT2D eigenvalue weighted by atomic mass is 14.8. The molecule has 0 spiro atoms. The SMILES string of the molecule is Cc1ccc(C(C=NC(c2ccccc2)c2ccccc2)=NC(c2ccccc2)c2ccccc2)cc1. The van der Waals surface area contributed by atoms with Crippen LogP contribution in [0.1, 0.15) is 45.5 Å². The van der Waals surface area contributed by atoms with Gasteiger partial charge in [-0.25, -0.2) is 0 Å². The fraction of sp³-hybridized carbons (Fsp3) is 0.0857. The van der Waals surface area contributed by atoms with Crippen molar-refractivity contribution in [3.05, 3.63) is 179 Å². The molecule has 0 unspecified atom stereocenters. The van der Waals surface area contributed by atoms with Gasteiger partial charge in [0.1, 0.15) is 6.04 Å². The van der Waals surface area contributed by atoms with Crippen LogP contribution >= 0.6 is 0 Å². The fourth-order valence-corrected chi connectivity index (χ4v) is 4.44. The van der Waals surface area contributed by atoms with Crippen molar-refractivity contribution in [1.82, 2.24) is 0 Å². The minimum Gasteiger partial charge on any atom is -0.278 e. The molecule has 0 aromatic heterocycles. The topological polar surface area (TPSA) is 24.7 Å². The van der Waals surface area contributed by atoms with Crippen molar-refractivity contribution in [2.24, 2.45) is 9.98 Å². The van der Waals surface area contributed by atoms with Crippen molar-refractivity contribution >= 4 is 11.9 Å². The van der Waals surface area contributed by atoms with Gasteiger partial charge in [0.15, 0.2) is 0 Å². The maximum Gasteiger partial charge on any atom is 0.101 e. The van der Waals surface area contributed by atoms with Gasteiger partial charge < -0.3 is 0 Å². The van der Waals surface area contributed by atoms with E-state index in [1.54, 1.807) is 0 Å². The summed E-state index contributed by atoms with van der Waals surface area (Å²) in [6, 6.07) is 50.1. The molecule has 0 N–H and O–H groups in total. The Kier molecular flexibility index (Phi) is 7.78. The first-order valence-electron chi connectivity index (χ1n) is 12.7. The third kappa shape index (κ3) is 6.17. The molecule has 0 aliphatic carbocycles. The lowest BCUT2D eigenvalue weighted by atomic mass is 9.98. The molecule has 0 aliphatic heterocycles. The molecule has 0 radical (unpaired) electrons. The molecule has 0 bridgehead atoms. The van der Waals surface area contributed by atoms with E-state index in [9.17, 15) is 0 Å². The molecule has 2 nitrogen and oxygen atoms in total. The third-order valence-corrected chi connectivity index (χ3v) is 6.42. The summed E-state index contributed by atoms with van der Waals surface area (Å²) in [6.07, 6.45) is 1.95. The van der Waals surface area contributed by atoms with Crippen LogP contribution in [0.5, 0.6) is 0 Å². The van der Waals surface area contributed by atoms with E-state index in [0.717, 1.165) is 33.5 Å². The van der Waals surface area contributed by atoms with Gasteiger partial charge in [0.05, 0.1) is 11.8 Å². The molecule has 2 heteroatoms. The number of benzene rings is 5. The minimum absolute atomic E-state index is 0.120. The lowest BCUT2D eigenvalue weighted by Crippen LogP contribution is -2.10. The van der Waals surface area contributed by atoms with E-state index < -0.39 is 0 Å². The maximum atomic E-state index is 5.34. The number of hydrogen-bond acceptors (Lipinski definition) is 2. The average molecular weight is 479 g/mol. The number of rotatable bonds is 8. The Balaban J connectivity index is 1.63. The lowest BCUT2D eigenvalue weighted by molar-refractivity contribution is 0.869. The molecule has 5 rings (SSSR count). The Labute approximate surface area is 219 Å². The van der Waals surface area contributed by atoms with E-state index in [1.807, 2.05) is 30.5 Å². The Hall–Kier alpha value is -4.56. The minimum atomic E-state index is -0.142. The molecule has 37 heavy (non-hydrogen) atoms. The standard InChI is InChI=1S/C35H30N2/c1-27-22-24-28(25-23-27)33(37-35(31-18-10-4-11-19-31)32-20-12-5-13-21-32)26-36-34(29-14-6-2-7-15-29)30-16-8-3-9-17-30/h2-26,34-35H,1H3. The summed E-state index contributed by atoms with van der Waals surface area (Å²) in [6.45, 7) is 2.10. The zero-order chi connectivity index (χ0) is 25.3. The van der Waals surface area contributed by atoms with Crippen molar-refractivity contribution in [3.8, 4) is 0 Å². The summed E-state index contributed by atoms with van der Waals surface area (Å²) >= 11 is 0. The molecule has 0 saturated heterocycles. The highest BCUT2D eigenvalue weighted by Crippen LogP contribution is 2.28. The van der Waals surface area contributed by atoms with E-state index in [0.29, 0.717) is 0 Å². The second-order valence-electron chi connectivity index (χ2n) is 9.11. The number of aliphatic imine (C=N–C) groups is 2. The van der Waals surface area contributed by atoms with Gasteiger partial charge in [-0.15, -0.1) is 0 Å². The monoisotopic (exact) mass is 478 g/mol. The average Bonchev–Trinajstić information content (AvgIpc) is 2.97. The number of hydrogen-bond donors (Lipinski definition) is 0. The van der Waals surface area contributed by atoms with Gasteiger partial charge in [0.25, 0.3) is 0 Å².